The van der Waals surface area contributed by atoms with Crippen molar-refractivity contribution in [3.63, 3.8) is 0 Å². The lowest BCUT2D eigenvalue weighted by atomic mass is 10.1. The van der Waals surface area contributed by atoms with E-state index in [1.807, 2.05) is 36.8 Å². The van der Waals surface area contributed by atoms with Crippen molar-refractivity contribution >= 4 is 57.6 Å². The van der Waals surface area contributed by atoms with Crippen molar-refractivity contribution in [1.82, 2.24) is 38.7 Å². The van der Waals surface area contributed by atoms with Crippen LogP contribution in [0.2, 0.25) is 0 Å². The summed E-state index contributed by atoms with van der Waals surface area (Å²) in [5.74, 6) is -1.38. The number of imidazole rings is 2. The van der Waals surface area contributed by atoms with Crippen molar-refractivity contribution in [2.24, 2.45) is 17.2 Å². The Morgan fingerprint density at radius 1 is 0.692 bits per heavy atom. The Morgan fingerprint density at radius 3 is 1.75 bits per heavy atom. The molecule has 17 nitrogen and oxygen atoms in total. The van der Waals surface area contributed by atoms with E-state index < -0.39 is 11.8 Å². The third-order valence-electron chi connectivity index (χ3n) is 8.79. The first kappa shape index (κ1) is 35.5. The first-order chi connectivity index (χ1) is 24.9. The Morgan fingerprint density at radius 2 is 1.21 bits per heavy atom. The van der Waals surface area contributed by atoms with E-state index >= 15 is 0 Å². The first-order valence-corrected chi connectivity index (χ1v) is 17.0. The molecule has 0 radical (unpaired) electrons. The third-order valence-corrected chi connectivity index (χ3v) is 8.79. The molecule has 4 amide bonds. The SMILES string of the molecule is CCn1nc(C)cc1C(=O)Nc1nc2cc(C(N)=O)ccc2n1CCCCn1c(NC(=O)c2cc(C)nn2CC)nc2cc(C(N)=O)cc(CN)c21. The second-order valence-corrected chi connectivity index (χ2v) is 12.4. The van der Waals surface area contributed by atoms with Crippen LogP contribution in [0.15, 0.2) is 42.5 Å². The van der Waals surface area contributed by atoms with Crippen molar-refractivity contribution in [3.05, 3.63) is 81.9 Å². The summed E-state index contributed by atoms with van der Waals surface area (Å²) in [6, 6.07) is 11.6. The van der Waals surface area contributed by atoms with Gasteiger partial charge in [-0.15, -0.1) is 0 Å². The molecule has 0 aliphatic carbocycles. The summed E-state index contributed by atoms with van der Waals surface area (Å²) in [4.78, 5) is 60.4. The molecule has 17 heteroatoms. The zero-order chi connectivity index (χ0) is 37.3. The molecule has 4 heterocycles. The molecule has 2 aromatic carbocycles. The Labute approximate surface area is 298 Å². The Hall–Kier alpha value is -6.36. The summed E-state index contributed by atoms with van der Waals surface area (Å²) in [6.45, 7) is 9.40. The predicted molar refractivity (Wildman–Crippen MR) is 195 cm³/mol. The van der Waals surface area contributed by atoms with Crippen LogP contribution in [0.25, 0.3) is 22.1 Å². The first-order valence-electron chi connectivity index (χ1n) is 17.0. The summed E-state index contributed by atoms with van der Waals surface area (Å²) in [5.41, 5.74) is 23.0. The van der Waals surface area contributed by atoms with Crippen molar-refractivity contribution in [2.45, 2.75) is 73.3 Å². The number of carbonyl (C=O) groups is 4. The van der Waals surface area contributed by atoms with E-state index in [2.05, 4.69) is 25.8 Å². The van der Waals surface area contributed by atoms with E-state index in [0.717, 1.165) is 0 Å². The number of fused-ring (bicyclic) bond motifs is 2. The number of benzene rings is 2. The van der Waals surface area contributed by atoms with Crippen molar-refractivity contribution < 1.29 is 19.2 Å². The van der Waals surface area contributed by atoms with Crippen LogP contribution in [0.3, 0.4) is 0 Å². The monoisotopic (exact) mass is 707 g/mol. The number of carbonyl (C=O) groups excluding carboxylic acids is 4. The van der Waals surface area contributed by atoms with Crippen LogP contribution < -0.4 is 27.8 Å². The summed E-state index contributed by atoms with van der Waals surface area (Å²) >= 11 is 0. The van der Waals surface area contributed by atoms with E-state index in [9.17, 15) is 19.2 Å². The van der Waals surface area contributed by atoms with Crippen LogP contribution in [-0.2, 0) is 32.7 Å². The number of hydrogen-bond donors (Lipinski definition) is 5. The highest BCUT2D eigenvalue weighted by Crippen LogP contribution is 2.28. The molecule has 270 valence electrons. The number of anilines is 2. The van der Waals surface area contributed by atoms with E-state index in [-0.39, 0.29) is 29.9 Å². The highest BCUT2D eigenvalue weighted by Gasteiger charge is 2.22. The highest BCUT2D eigenvalue weighted by molar-refractivity contribution is 6.05. The Balaban J connectivity index is 1.31. The van der Waals surface area contributed by atoms with Gasteiger partial charge in [-0.3, -0.25) is 39.2 Å². The number of unbranched alkanes of at least 4 members (excludes halogenated alkanes) is 1. The van der Waals surface area contributed by atoms with Gasteiger partial charge in [0.25, 0.3) is 11.8 Å². The van der Waals surface area contributed by atoms with Gasteiger partial charge in [0.15, 0.2) is 0 Å². The Kier molecular flexibility index (Phi) is 9.87. The molecule has 0 aliphatic heterocycles. The predicted octanol–water partition coefficient (Wildman–Crippen LogP) is 3.08. The molecule has 0 aliphatic rings. The third kappa shape index (κ3) is 6.85. The second kappa shape index (κ2) is 14.5. The topological polar surface area (TPSA) is 242 Å². The van der Waals surface area contributed by atoms with E-state index in [1.54, 1.807) is 51.8 Å². The minimum absolute atomic E-state index is 0.104. The van der Waals surface area contributed by atoms with Crippen molar-refractivity contribution in [1.29, 1.82) is 0 Å². The summed E-state index contributed by atoms with van der Waals surface area (Å²) in [7, 11) is 0. The van der Waals surface area contributed by atoms with Gasteiger partial charge in [0.1, 0.15) is 11.4 Å². The quantitative estimate of drug-likeness (QED) is 0.104. The van der Waals surface area contributed by atoms with Crippen LogP contribution in [0.4, 0.5) is 11.9 Å². The average molecular weight is 708 g/mol. The number of nitrogens with two attached hydrogens (primary N) is 3. The van der Waals surface area contributed by atoms with Gasteiger partial charge in [-0.2, -0.15) is 10.2 Å². The molecule has 0 fully saturated rings. The average Bonchev–Trinajstić information content (AvgIpc) is 3.88. The molecule has 0 saturated carbocycles. The maximum absolute atomic E-state index is 13.5. The number of primary amides is 2. The molecule has 8 N–H and O–H groups in total. The number of aromatic nitrogens is 8. The maximum Gasteiger partial charge on any atom is 0.276 e. The normalized spacial score (nSPS) is 11.4. The van der Waals surface area contributed by atoms with Crippen LogP contribution in [0.5, 0.6) is 0 Å². The van der Waals surface area contributed by atoms with Crippen molar-refractivity contribution in [2.75, 3.05) is 10.6 Å². The molecule has 0 spiro atoms. The highest BCUT2D eigenvalue weighted by atomic mass is 16.2. The van der Waals surface area contributed by atoms with Crippen LogP contribution in [-0.4, -0.2) is 62.3 Å². The van der Waals surface area contributed by atoms with Gasteiger partial charge in [-0.25, -0.2) is 9.97 Å². The molecule has 0 bridgehead atoms. The number of hydrogen-bond acceptors (Lipinski definition) is 9. The summed E-state index contributed by atoms with van der Waals surface area (Å²) in [5, 5.41) is 14.6. The molecule has 0 unspecified atom stereocenters. The molecule has 0 saturated heterocycles. The lowest BCUT2D eigenvalue weighted by molar-refractivity contribution is 0.0992. The van der Waals surface area contributed by atoms with Crippen molar-refractivity contribution in [3.8, 4) is 0 Å². The minimum atomic E-state index is -0.619. The summed E-state index contributed by atoms with van der Waals surface area (Å²) < 4.78 is 6.99. The number of nitrogens with one attached hydrogen (secondary N) is 2. The van der Waals surface area contributed by atoms with Gasteiger partial charge in [0.05, 0.1) is 33.5 Å². The van der Waals surface area contributed by atoms with Gasteiger partial charge in [0.2, 0.25) is 23.7 Å². The fraction of sp³-hybridized carbons (Fsp3) is 0.314. The number of rotatable bonds is 14. The van der Waals surface area contributed by atoms with Crippen LogP contribution >= 0.6 is 0 Å². The molecular weight excluding hydrogens is 666 g/mol. The molecular formula is C35H41N13O4. The van der Waals surface area contributed by atoms with Gasteiger partial charge >= 0.3 is 0 Å². The van der Waals surface area contributed by atoms with Gasteiger partial charge in [-0.1, -0.05) is 0 Å². The molecule has 6 aromatic rings. The maximum atomic E-state index is 13.5. The molecule has 0 atom stereocenters. The van der Waals surface area contributed by atoms with Crippen LogP contribution in [0, 0.1) is 13.8 Å². The number of amides is 4. The second-order valence-electron chi connectivity index (χ2n) is 12.4. The van der Waals surface area contributed by atoms with Crippen LogP contribution in [0.1, 0.15) is 85.3 Å². The summed E-state index contributed by atoms with van der Waals surface area (Å²) in [6.07, 6.45) is 1.19. The minimum Gasteiger partial charge on any atom is -0.366 e. The van der Waals surface area contributed by atoms with E-state index in [4.69, 9.17) is 22.2 Å². The fourth-order valence-corrected chi connectivity index (χ4v) is 6.38. The van der Waals surface area contributed by atoms with Gasteiger partial charge in [-0.05, 0) is 88.6 Å². The van der Waals surface area contributed by atoms with E-state index in [1.165, 1.54) is 0 Å². The Bertz CT molecular complexity index is 2360. The zero-order valence-electron chi connectivity index (χ0n) is 29.4. The number of aryl methyl sites for hydroxylation is 6. The molecule has 6 rings (SSSR count). The molecule has 52 heavy (non-hydrogen) atoms. The zero-order valence-corrected chi connectivity index (χ0v) is 29.4. The lowest BCUT2D eigenvalue weighted by Gasteiger charge is -2.14. The largest absolute Gasteiger partial charge is 0.366 e. The smallest absolute Gasteiger partial charge is 0.276 e. The van der Waals surface area contributed by atoms with E-state index in [0.29, 0.717) is 101 Å². The standard InChI is InChI=1S/C35H41N13O4/c1-5-47-27(13-19(3)43-47)32(51)41-34-39-24-16-21(30(37)49)9-10-26(24)45(34)11-7-8-12-46-29-23(18-36)15-22(31(38)50)17-25(29)40-35(46)42-33(52)28-14-20(4)44-48(28)6-2/h9-10,13-17H,5-8,11-12,18,36H2,1-4H3,(H2,37,49)(H2,38,50)(H,39,41,51)(H,40,42,52). The lowest BCUT2D eigenvalue weighted by Crippen LogP contribution is -2.20. The number of nitrogens with zero attached hydrogens (tertiary/aromatic N) is 8. The van der Waals surface area contributed by atoms with Gasteiger partial charge in [0, 0.05) is 43.9 Å². The fourth-order valence-electron chi connectivity index (χ4n) is 6.38. The van der Waals surface area contributed by atoms with Gasteiger partial charge < -0.3 is 26.3 Å². The molecule has 4 aromatic heterocycles.